The van der Waals surface area contributed by atoms with E-state index in [-0.39, 0.29) is 6.04 Å². The summed E-state index contributed by atoms with van der Waals surface area (Å²) in [7, 11) is 0. The van der Waals surface area contributed by atoms with Gasteiger partial charge in [-0.3, -0.25) is 11.3 Å². The van der Waals surface area contributed by atoms with Gasteiger partial charge >= 0.3 is 0 Å². The first-order chi connectivity index (χ1) is 6.86. The van der Waals surface area contributed by atoms with E-state index in [2.05, 4.69) is 28.9 Å². The van der Waals surface area contributed by atoms with Gasteiger partial charge in [0.15, 0.2) is 0 Å². The molecule has 3 heteroatoms. The molecule has 76 valence electrons. The van der Waals surface area contributed by atoms with E-state index in [0.717, 1.165) is 19.3 Å². The van der Waals surface area contributed by atoms with E-state index < -0.39 is 0 Å². The number of terminal acetylenes is 1. The Morgan fingerprint density at radius 1 is 1.64 bits per heavy atom. The van der Waals surface area contributed by atoms with E-state index in [1.807, 2.05) is 0 Å². The molecule has 14 heavy (non-hydrogen) atoms. The van der Waals surface area contributed by atoms with Crippen molar-refractivity contribution in [2.24, 2.45) is 5.84 Å². The predicted octanol–water partition coefficient (Wildman–Crippen LogP) is 1.93. The summed E-state index contributed by atoms with van der Waals surface area (Å²) < 4.78 is 0. The van der Waals surface area contributed by atoms with Crippen LogP contribution in [0.3, 0.4) is 0 Å². The fourth-order valence-electron chi connectivity index (χ4n) is 1.36. The van der Waals surface area contributed by atoms with Gasteiger partial charge in [0.2, 0.25) is 0 Å². The van der Waals surface area contributed by atoms with Crippen LogP contribution in [0.5, 0.6) is 0 Å². The van der Waals surface area contributed by atoms with Crippen LogP contribution in [0.25, 0.3) is 0 Å². The van der Waals surface area contributed by atoms with Crippen LogP contribution in [-0.2, 0) is 6.42 Å². The molecule has 0 amide bonds. The van der Waals surface area contributed by atoms with Crippen molar-refractivity contribution in [3.63, 3.8) is 0 Å². The monoisotopic (exact) mass is 208 g/mol. The Labute approximate surface area is 89.5 Å². The molecule has 0 bridgehead atoms. The van der Waals surface area contributed by atoms with Gasteiger partial charge in [0.1, 0.15) is 0 Å². The van der Waals surface area contributed by atoms with Crippen molar-refractivity contribution in [1.29, 1.82) is 0 Å². The minimum Gasteiger partial charge on any atom is -0.271 e. The normalized spacial score (nSPS) is 12.3. The highest BCUT2D eigenvalue weighted by atomic mass is 32.1. The van der Waals surface area contributed by atoms with Crippen LogP contribution in [0.4, 0.5) is 0 Å². The Kier molecular flexibility index (Phi) is 5.31. The molecule has 0 radical (unpaired) electrons. The van der Waals surface area contributed by atoms with Crippen LogP contribution >= 0.6 is 11.3 Å². The van der Waals surface area contributed by atoms with Crippen molar-refractivity contribution in [1.82, 2.24) is 5.43 Å². The molecule has 0 saturated heterocycles. The largest absolute Gasteiger partial charge is 0.271 e. The first-order valence-electron chi connectivity index (χ1n) is 4.78. The molecule has 0 aliphatic heterocycles. The van der Waals surface area contributed by atoms with Crippen molar-refractivity contribution in [3.05, 3.63) is 22.4 Å². The summed E-state index contributed by atoms with van der Waals surface area (Å²) in [6.07, 6.45) is 9.24. The number of nitrogens with two attached hydrogens (primary N) is 1. The maximum atomic E-state index is 5.38. The van der Waals surface area contributed by atoms with Gasteiger partial charge in [0.05, 0.1) is 0 Å². The van der Waals surface area contributed by atoms with Crippen LogP contribution < -0.4 is 11.3 Å². The minimum absolute atomic E-state index is 0.264. The van der Waals surface area contributed by atoms with Gasteiger partial charge in [0, 0.05) is 17.3 Å². The van der Waals surface area contributed by atoms with E-state index in [1.54, 1.807) is 11.3 Å². The third kappa shape index (κ3) is 3.93. The van der Waals surface area contributed by atoms with Crippen LogP contribution in [0, 0.1) is 12.3 Å². The Balaban J connectivity index is 2.17. The van der Waals surface area contributed by atoms with Crippen molar-refractivity contribution < 1.29 is 0 Å². The standard InChI is InChI=1S/C11H16N2S/c1-2-5-10(13-12)6-3-7-11-8-4-9-14-11/h1,4,8-10,13H,3,5-7,12H2. The highest BCUT2D eigenvalue weighted by molar-refractivity contribution is 7.09. The van der Waals surface area contributed by atoms with Gasteiger partial charge in [-0.05, 0) is 30.7 Å². The van der Waals surface area contributed by atoms with E-state index in [9.17, 15) is 0 Å². The van der Waals surface area contributed by atoms with E-state index in [4.69, 9.17) is 12.3 Å². The maximum Gasteiger partial charge on any atom is 0.0319 e. The number of aryl methyl sites for hydroxylation is 1. The van der Waals surface area contributed by atoms with Crippen LogP contribution in [-0.4, -0.2) is 6.04 Å². The number of hydrazine groups is 1. The maximum absolute atomic E-state index is 5.38. The Morgan fingerprint density at radius 3 is 3.07 bits per heavy atom. The average Bonchev–Trinajstić information content (AvgIpc) is 2.69. The molecule has 3 N–H and O–H groups in total. The third-order valence-electron chi connectivity index (χ3n) is 2.16. The van der Waals surface area contributed by atoms with Crippen molar-refractivity contribution >= 4 is 11.3 Å². The highest BCUT2D eigenvalue weighted by Crippen LogP contribution is 2.13. The molecular weight excluding hydrogens is 192 g/mol. The predicted molar refractivity (Wildman–Crippen MR) is 61.8 cm³/mol. The Hall–Kier alpha value is -0.820. The lowest BCUT2D eigenvalue weighted by Crippen LogP contribution is -2.34. The highest BCUT2D eigenvalue weighted by Gasteiger charge is 2.04. The van der Waals surface area contributed by atoms with Crippen molar-refractivity contribution in [2.45, 2.75) is 31.7 Å². The number of hydrogen-bond acceptors (Lipinski definition) is 3. The molecule has 1 aromatic heterocycles. The number of rotatable bonds is 6. The van der Waals surface area contributed by atoms with E-state index in [1.165, 1.54) is 4.88 Å². The molecule has 0 fully saturated rings. The quantitative estimate of drug-likeness (QED) is 0.426. The summed E-state index contributed by atoms with van der Waals surface area (Å²) in [5.41, 5.74) is 2.74. The van der Waals surface area contributed by atoms with Crippen LogP contribution in [0.1, 0.15) is 24.1 Å². The van der Waals surface area contributed by atoms with Crippen molar-refractivity contribution in [3.8, 4) is 12.3 Å². The second kappa shape index (κ2) is 6.61. The molecular formula is C11H16N2S. The first-order valence-corrected chi connectivity index (χ1v) is 5.66. The van der Waals surface area contributed by atoms with E-state index >= 15 is 0 Å². The lowest BCUT2D eigenvalue weighted by molar-refractivity contribution is 0.488. The molecule has 1 rings (SSSR count). The Bertz CT molecular complexity index is 274. The van der Waals surface area contributed by atoms with Crippen LogP contribution in [0.2, 0.25) is 0 Å². The SMILES string of the molecule is C#CCC(CCCc1cccs1)NN. The molecule has 1 heterocycles. The summed E-state index contributed by atoms with van der Waals surface area (Å²) in [6, 6.07) is 4.51. The lowest BCUT2D eigenvalue weighted by Gasteiger charge is -2.11. The smallest absolute Gasteiger partial charge is 0.0319 e. The van der Waals surface area contributed by atoms with Gasteiger partial charge in [0.25, 0.3) is 0 Å². The fourth-order valence-corrected chi connectivity index (χ4v) is 2.12. The van der Waals surface area contributed by atoms with E-state index in [0.29, 0.717) is 6.42 Å². The fraction of sp³-hybridized carbons (Fsp3) is 0.455. The van der Waals surface area contributed by atoms with Gasteiger partial charge in [-0.2, -0.15) is 0 Å². The lowest BCUT2D eigenvalue weighted by atomic mass is 10.1. The summed E-state index contributed by atoms with van der Waals surface area (Å²) in [6.45, 7) is 0. The minimum atomic E-state index is 0.264. The molecule has 0 aliphatic carbocycles. The van der Waals surface area contributed by atoms with Gasteiger partial charge in [-0.15, -0.1) is 23.7 Å². The first kappa shape index (κ1) is 11.3. The number of nitrogens with one attached hydrogen (secondary N) is 1. The summed E-state index contributed by atoms with van der Waals surface area (Å²) >= 11 is 1.80. The second-order valence-corrected chi connectivity index (χ2v) is 4.28. The van der Waals surface area contributed by atoms with Gasteiger partial charge < -0.3 is 0 Å². The summed E-state index contributed by atoms with van der Waals surface area (Å²) in [5, 5.41) is 2.11. The van der Waals surface area contributed by atoms with Crippen molar-refractivity contribution in [2.75, 3.05) is 0 Å². The molecule has 1 unspecified atom stereocenters. The molecule has 0 saturated carbocycles. The third-order valence-corrected chi connectivity index (χ3v) is 3.09. The summed E-state index contributed by atoms with van der Waals surface area (Å²) in [5.74, 6) is 8.00. The molecule has 0 spiro atoms. The number of thiophene rings is 1. The van der Waals surface area contributed by atoms with Gasteiger partial charge in [-0.25, -0.2) is 0 Å². The summed E-state index contributed by atoms with van der Waals surface area (Å²) in [4.78, 5) is 1.43. The topological polar surface area (TPSA) is 38.0 Å². The zero-order chi connectivity index (χ0) is 10.2. The zero-order valence-electron chi connectivity index (χ0n) is 8.20. The van der Waals surface area contributed by atoms with Gasteiger partial charge in [-0.1, -0.05) is 6.07 Å². The molecule has 0 aliphatic rings. The molecule has 1 atom stereocenters. The second-order valence-electron chi connectivity index (χ2n) is 3.24. The molecule has 2 nitrogen and oxygen atoms in total. The number of hydrogen-bond donors (Lipinski definition) is 2. The Morgan fingerprint density at radius 2 is 2.50 bits per heavy atom. The van der Waals surface area contributed by atoms with Crippen LogP contribution in [0.15, 0.2) is 17.5 Å². The molecule has 1 aromatic rings. The zero-order valence-corrected chi connectivity index (χ0v) is 9.02. The molecule has 0 aromatic carbocycles. The average molecular weight is 208 g/mol.